The van der Waals surface area contributed by atoms with E-state index in [1.807, 2.05) is 6.07 Å². The Morgan fingerprint density at radius 3 is 2.08 bits per heavy atom. The number of carbonyl (C=O) groups excluding carboxylic acids is 1. The summed E-state index contributed by atoms with van der Waals surface area (Å²) in [4.78, 5) is 12.3. The third-order valence-corrected chi connectivity index (χ3v) is 3.66. The second-order valence-corrected chi connectivity index (χ2v) is 5.72. The van der Waals surface area contributed by atoms with E-state index in [1.165, 1.54) is 12.1 Å². The van der Waals surface area contributed by atoms with Crippen LogP contribution in [0.25, 0.3) is 0 Å². The first-order valence-corrected chi connectivity index (χ1v) is 8.11. The Kier molecular flexibility index (Phi) is 7.17. The normalized spacial score (nSPS) is 13.8. The molecule has 2 aromatic carbocycles. The number of halogens is 3. The van der Waals surface area contributed by atoms with Gasteiger partial charge in [-0.15, -0.1) is 0 Å². The van der Waals surface area contributed by atoms with Crippen molar-refractivity contribution in [3.8, 4) is 0 Å². The van der Waals surface area contributed by atoms with Gasteiger partial charge in [0.1, 0.15) is 6.61 Å². The van der Waals surface area contributed by atoms with E-state index in [-0.39, 0.29) is 13.0 Å². The molecule has 0 saturated heterocycles. The van der Waals surface area contributed by atoms with Crippen molar-refractivity contribution >= 4 is 5.91 Å². The molecule has 0 radical (unpaired) electrons. The summed E-state index contributed by atoms with van der Waals surface area (Å²) in [7, 11) is 0. The van der Waals surface area contributed by atoms with Crippen molar-refractivity contribution in [2.45, 2.75) is 24.8 Å². The first-order chi connectivity index (χ1) is 12.4. The molecular weight excluding hydrogens is 347 g/mol. The number of benzene rings is 2. The van der Waals surface area contributed by atoms with Crippen molar-refractivity contribution < 1.29 is 27.8 Å². The van der Waals surface area contributed by atoms with Gasteiger partial charge in [-0.05, 0) is 17.5 Å². The zero-order chi connectivity index (χ0) is 19.0. The number of hydrogen-bond donors (Lipinski definition) is 2. The minimum Gasteiger partial charge on any atom is -0.388 e. The third-order valence-electron chi connectivity index (χ3n) is 3.66. The van der Waals surface area contributed by atoms with E-state index in [4.69, 9.17) is 4.74 Å². The zero-order valence-electron chi connectivity index (χ0n) is 13.9. The SMILES string of the molecule is O=C(NCCC(O)c1ccccc1)C(OCC(F)(F)F)c1ccccc1. The fraction of sp³-hybridized carbons (Fsp3) is 0.316. The quantitative estimate of drug-likeness (QED) is 0.750. The molecule has 0 saturated carbocycles. The van der Waals surface area contributed by atoms with Crippen LogP contribution in [-0.4, -0.2) is 30.3 Å². The van der Waals surface area contributed by atoms with E-state index in [1.54, 1.807) is 42.5 Å². The Morgan fingerprint density at radius 2 is 1.54 bits per heavy atom. The summed E-state index contributed by atoms with van der Waals surface area (Å²) >= 11 is 0. The smallest absolute Gasteiger partial charge is 0.388 e. The van der Waals surface area contributed by atoms with Crippen LogP contribution in [0.15, 0.2) is 60.7 Å². The monoisotopic (exact) mass is 367 g/mol. The second-order valence-electron chi connectivity index (χ2n) is 5.72. The summed E-state index contributed by atoms with van der Waals surface area (Å²) in [5, 5.41) is 12.6. The first kappa shape index (κ1) is 19.9. The van der Waals surface area contributed by atoms with Crippen LogP contribution in [0.1, 0.15) is 29.8 Å². The molecular formula is C19H20F3NO3. The van der Waals surface area contributed by atoms with E-state index in [0.29, 0.717) is 11.1 Å². The van der Waals surface area contributed by atoms with Crippen LogP contribution < -0.4 is 5.32 Å². The predicted octanol–water partition coefficient (Wildman–Crippen LogP) is 3.55. The highest BCUT2D eigenvalue weighted by atomic mass is 19.4. The van der Waals surface area contributed by atoms with E-state index < -0.39 is 30.9 Å². The summed E-state index contributed by atoms with van der Waals surface area (Å²) < 4.78 is 42.1. The standard InChI is InChI=1S/C19H20F3NO3/c20-19(21,22)13-26-17(15-9-5-2-6-10-15)18(25)23-12-11-16(24)14-7-3-1-4-8-14/h1-10,16-17,24H,11-13H2,(H,23,25). The minimum absolute atomic E-state index is 0.105. The Bertz CT molecular complexity index is 677. The number of carbonyl (C=O) groups is 1. The number of amides is 1. The van der Waals surface area contributed by atoms with Gasteiger partial charge in [-0.3, -0.25) is 4.79 Å². The molecule has 2 unspecified atom stereocenters. The van der Waals surface area contributed by atoms with Crippen molar-refractivity contribution in [1.82, 2.24) is 5.32 Å². The van der Waals surface area contributed by atoms with E-state index in [9.17, 15) is 23.1 Å². The van der Waals surface area contributed by atoms with Gasteiger partial charge in [0.2, 0.25) is 0 Å². The number of nitrogens with one attached hydrogen (secondary N) is 1. The van der Waals surface area contributed by atoms with Crippen LogP contribution in [0.2, 0.25) is 0 Å². The fourth-order valence-electron chi connectivity index (χ4n) is 2.40. The van der Waals surface area contributed by atoms with Crippen molar-refractivity contribution in [3.63, 3.8) is 0 Å². The van der Waals surface area contributed by atoms with Gasteiger partial charge in [-0.25, -0.2) is 0 Å². The Balaban J connectivity index is 1.93. The van der Waals surface area contributed by atoms with Crippen molar-refractivity contribution in [2.75, 3.05) is 13.2 Å². The molecule has 1 amide bonds. The summed E-state index contributed by atoms with van der Waals surface area (Å²) in [6.07, 6.45) is -6.44. The van der Waals surface area contributed by atoms with Gasteiger partial charge in [0.25, 0.3) is 5.91 Å². The molecule has 2 rings (SSSR count). The summed E-state index contributed by atoms with van der Waals surface area (Å²) in [6.45, 7) is -1.42. The average molecular weight is 367 g/mol. The largest absolute Gasteiger partial charge is 0.411 e. The Hall–Kier alpha value is -2.38. The lowest BCUT2D eigenvalue weighted by Crippen LogP contribution is -2.34. The van der Waals surface area contributed by atoms with Crippen LogP contribution in [-0.2, 0) is 9.53 Å². The highest BCUT2D eigenvalue weighted by Crippen LogP contribution is 2.23. The molecule has 2 aromatic rings. The van der Waals surface area contributed by atoms with Crippen molar-refractivity contribution in [1.29, 1.82) is 0 Å². The maximum absolute atomic E-state index is 12.5. The van der Waals surface area contributed by atoms with Crippen molar-refractivity contribution in [3.05, 3.63) is 71.8 Å². The molecule has 0 bridgehead atoms. The van der Waals surface area contributed by atoms with Gasteiger partial charge < -0.3 is 15.2 Å². The van der Waals surface area contributed by atoms with E-state index >= 15 is 0 Å². The maximum Gasteiger partial charge on any atom is 0.411 e. The number of hydrogen-bond acceptors (Lipinski definition) is 3. The third kappa shape index (κ3) is 6.50. The lowest BCUT2D eigenvalue weighted by Gasteiger charge is -2.19. The lowest BCUT2D eigenvalue weighted by molar-refractivity contribution is -0.188. The number of alkyl halides is 3. The average Bonchev–Trinajstić information content (AvgIpc) is 2.62. The highest BCUT2D eigenvalue weighted by Gasteiger charge is 2.32. The fourth-order valence-corrected chi connectivity index (χ4v) is 2.40. The van der Waals surface area contributed by atoms with Gasteiger partial charge in [0.15, 0.2) is 6.10 Å². The van der Waals surface area contributed by atoms with Gasteiger partial charge in [-0.2, -0.15) is 13.2 Å². The van der Waals surface area contributed by atoms with Crippen LogP contribution in [0, 0.1) is 0 Å². The van der Waals surface area contributed by atoms with Gasteiger partial charge in [0.05, 0.1) is 6.10 Å². The van der Waals surface area contributed by atoms with Crippen LogP contribution >= 0.6 is 0 Å². The predicted molar refractivity (Wildman–Crippen MR) is 90.2 cm³/mol. The van der Waals surface area contributed by atoms with Gasteiger partial charge in [0, 0.05) is 6.54 Å². The molecule has 0 aliphatic heterocycles. The molecule has 2 N–H and O–H groups in total. The first-order valence-electron chi connectivity index (χ1n) is 8.11. The maximum atomic E-state index is 12.5. The second kappa shape index (κ2) is 9.35. The molecule has 26 heavy (non-hydrogen) atoms. The van der Waals surface area contributed by atoms with Crippen LogP contribution in [0.4, 0.5) is 13.2 Å². The zero-order valence-corrected chi connectivity index (χ0v) is 13.9. The summed E-state index contributed by atoms with van der Waals surface area (Å²) in [5.41, 5.74) is 1.03. The molecule has 0 fully saturated rings. The number of aliphatic hydroxyl groups excluding tert-OH is 1. The van der Waals surface area contributed by atoms with Gasteiger partial charge >= 0.3 is 6.18 Å². The summed E-state index contributed by atoms with van der Waals surface area (Å²) in [6, 6.07) is 16.9. The van der Waals surface area contributed by atoms with E-state index in [0.717, 1.165) is 0 Å². The molecule has 0 spiro atoms. The lowest BCUT2D eigenvalue weighted by atomic mass is 10.1. The minimum atomic E-state index is -4.53. The molecule has 0 aliphatic rings. The molecule has 7 heteroatoms. The number of aliphatic hydroxyl groups is 1. The summed E-state index contributed by atoms with van der Waals surface area (Å²) in [5.74, 6) is -0.680. The molecule has 0 aromatic heterocycles. The highest BCUT2D eigenvalue weighted by molar-refractivity contribution is 5.82. The molecule has 4 nitrogen and oxygen atoms in total. The molecule has 2 atom stereocenters. The Labute approximate surface area is 149 Å². The molecule has 140 valence electrons. The number of rotatable bonds is 8. The molecule has 0 heterocycles. The van der Waals surface area contributed by atoms with Gasteiger partial charge in [-0.1, -0.05) is 60.7 Å². The van der Waals surface area contributed by atoms with E-state index in [2.05, 4.69) is 5.32 Å². The topological polar surface area (TPSA) is 58.6 Å². The Morgan fingerprint density at radius 1 is 1.00 bits per heavy atom. The molecule has 0 aliphatic carbocycles. The van der Waals surface area contributed by atoms with Crippen LogP contribution in [0.3, 0.4) is 0 Å². The number of ether oxygens (including phenoxy) is 1. The van der Waals surface area contributed by atoms with Crippen LogP contribution in [0.5, 0.6) is 0 Å². The van der Waals surface area contributed by atoms with Crippen molar-refractivity contribution in [2.24, 2.45) is 0 Å².